The van der Waals surface area contributed by atoms with Gasteiger partial charge in [0, 0.05) is 25.5 Å². The van der Waals surface area contributed by atoms with Gasteiger partial charge in [-0.25, -0.2) is 4.98 Å². The van der Waals surface area contributed by atoms with Crippen LogP contribution in [0.25, 0.3) is 10.9 Å². The molecule has 0 fully saturated rings. The van der Waals surface area contributed by atoms with Crippen LogP contribution in [-0.4, -0.2) is 50.5 Å². The van der Waals surface area contributed by atoms with E-state index < -0.39 is 0 Å². The smallest absolute Gasteiger partial charge is 0.238 e. The normalized spacial score (nSPS) is 10.8. The topological polar surface area (TPSA) is 48.5 Å². The third-order valence-corrected chi connectivity index (χ3v) is 2.89. The Morgan fingerprint density at radius 2 is 1.90 bits per heavy atom. The standard InChI is InChI=1S/C15H20N4O/c1-18(2)10-15(20)17-13-9-14(19(3)4)16-12-8-6-5-7-11(12)13/h5-9H,10H2,1-4H3,(H,16,17,20). The molecule has 20 heavy (non-hydrogen) atoms. The second-order valence-electron chi connectivity index (χ2n) is 5.23. The molecule has 1 aromatic heterocycles. The third-order valence-electron chi connectivity index (χ3n) is 2.89. The van der Waals surface area contributed by atoms with E-state index >= 15 is 0 Å². The van der Waals surface area contributed by atoms with Gasteiger partial charge in [0.15, 0.2) is 0 Å². The molecule has 0 unspecified atom stereocenters. The number of benzene rings is 1. The molecule has 5 heteroatoms. The molecule has 106 valence electrons. The maximum absolute atomic E-state index is 12.0. The number of anilines is 2. The van der Waals surface area contributed by atoms with E-state index in [-0.39, 0.29) is 5.91 Å². The zero-order valence-electron chi connectivity index (χ0n) is 12.3. The minimum absolute atomic E-state index is 0.0314. The number of fused-ring (bicyclic) bond motifs is 1. The summed E-state index contributed by atoms with van der Waals surface area (Å²) in [5, 5.41) is 3.91. The quantitative estimate of drug-likeness (QED) is 0.922. The summed E-state index contributed by atoms with van der Waals surface area (Å²) < 4.78 is 0. The summed E-state index contributed by atoms with van der Waals surface area (Å²) >= 11 is 0. The fourth-order valence-electron chi connectivity index (χ4n) is 1.97. The Morgan fingerprint density at radius 3 is 2.55 bits per heavy atom. The number of nitrogens with zero attached hydrogens (tertiary/aromatic N) is 3. The number of rotatable bonds is 4. The number of carbonyl (C=O) groups is 1. The number of amides is 1. The van der Waals surface area contributed by atoms with Crippen molar-refractivity contribution in [3.63, 3.8) is 0 Å². The van der Waals surface area contributed by atoms with Crippen molar-refractivity contribution in [3.05, 3.63) is 30.3 Å². The number of hydrogen-bond donors (Lipinski definition) is 1. The van der Waals surface area contributed by atoms with E-state index in [0.717, 1.165) is 22.4 Å². The van der Waals surface area contributed by atoms with Crippen LogP contribution in [0.5, 0.6) is 0 Å². The van der Waals surface area contributed by atoms with Gasteiger partial charge in [0.25, 0.3) is 0 Å². The Balaban J connectivity index is 2.42. The summed E-state index contributed by atoms with van der Waals surface area (Å²) in [5.41, 5.74) is 1.67. The average Bonchev–Trinajstić information content (AvgIpc) is 2.37. The van der Waals surface area contributed by atoms with Gasteiger partial charge in [0.2, 0.25) is 5.91 Å². The lowest BCUT2D eigenvalue weighted by atomic mass is 10.2. The van der Waals surface area contributed by atoms with Gasteiger partial charge < -0.3 is 15.1 Å². The van der Waals surface area contributed by atoms with Crippen molar-refractivity contribution in [1.29, 1.82) is 0 Å². The molecule has 2 aromatic rings. The van der Waals surface area contributed by atoms with Gasteiger partial charge in [-0.3, -0.25) is 4.79 Å². The Labute approximate surface area is 119 Å². The Bertz CT molecular complexity index is 622. The SMILES string of the molecule is CN(C)CC(=O)Nc1cc(N(C)C)nc2ccccc12. The van der Waals surface area contributed by atoms with E-state index in [2.05, 4.69) is 10.3 Å². The van der Waals surface area contributed by atoms with Crippen molar-refractivity contribution in [2.45, 2.75) is 0 Å². The molecule has 0 aliphatic carbocycles. The Hall–Kier alpha value is -2.14. The highest BCUT2D eigenvalue weighted by Crippen LogP contribution is 2.26. The lowest BCUT2D eigenvalue weighted by Gasteiger charge is -2.16. The molecule has 2 rings (SSSR count). The molecule has 1 aromatic carbocycles. The highest BCUT2D eigenvalue weighted by molar-refractivity contribution is 6.02. The molecule has 0 radical (unpaired) electrons. The van der Waals surface area contributed by atoms with Gasteiger partial charge in [0.05, 0.1) is 17.7 Å². The van der Waals surface area contributed by atoms with Crippen molar-refractivity contribution in [2.24, 2.45) is 0 Å². The largest absolute Gasteiger partial charge is 0.363 e. The minimum Gasteiger partial charge on any atom is -0.363 e. The zero-order valence-corrected chi connectivity index (χ0v) is 12.3. The van der Waals surface area contributed by atoms with Gasteiger partial charge in [-0.05, 0) is 20.2 Å². The highest BCUT2D eigenvalue weighted by atomic mass is 16.2. The van der Waals surface area contributed by atoms with Crippen molar-refractivity contribution in [3.8, 4) is 0 Å². The predicted molar refractivity (Wildman–Crippen MR) is 83.3 cm³/mol. The fraction of sp³-hybridized carbons (Fsp3) is 0.333. The molecule has 0 saturated carbocycles. The molecular formula is C15H20N4O. The average molecular weight is 272 g/mol. The van der Waals surface area contributed by atoms with Gasteiger partial charge in [-0.1, -0.05) is 18.2 Å². The van der Waals surface area contributed by atoms with Crippen LogP contribution >= 0.6 is 0 Å². The van der Waals surface area contributed by atoms with E-state index in [9.17, 15) is 4.79 Å². The molecule has 1 N–H and O–H groups in total. The fourth-order valence-corrected chi connectivity index (χ4v) is 1.97. The van der Waals surface area contributed by atoms with Gasteiger partial charge in [-0.2, -0.15) is 0 Å². The first-order chi connectivity index (χ1) is 9.47. The summed E-state index contributed by atoms with van der Waals surface area (Å²) in [6, 6.07) is 9.70. The second kappa shape index (κ2) is 5.88. The lowest BCUT2D eigenvalue weighted by molar-refractivity contribution is -0.116. The molecule has 1 amide bonds. The first-order valence-electron chi connectivity index (χ1n) is 6.49. The first-order valence-corrected chi connectivity index (χ1v) is 6.49. The summed E-state index contributed by atoms with van der Waals surface area (Å²) in [6.07, 6.45) is 0. The van der Waals surface area contributed by atoms with Crippen LogP contribution in [0.4, 0.5) is 11.5 Å². The number of pyridine rings is 1. The number of para-hydroxylation sites is 1. The van der Waals surface area contributed by atoms with Gasteiger partial charge in [-0.15, -0.1) is 0 Å². The van der Waals surface area contributed by atoms with Crippen LogP contribution in [-0.2, 0) is 4.79 Å². The maximum atomic E-state index is 12.0. The van der Waals surface area contributed by atoms with E-state index in [1.807, 2.05) is 68.3 Å². The van der Waals surface area contributed by atoms with Crippen molar-refractivity contribution in [2.75, 3.05) is 45.0 Å². The van der Waals surface area contributed by atoms with Crippen LogP contribution in [0, 0.1) is 0 Å². The molecule has 0 bridgehead atoms. The third kappa shape index (κ3) is 3.24. The number of likely N-dealkylation sites (N-methyl/N-ethyl adjacent to an activating group) is 1. The predicted octanol–water partition coefficient (Wildman–Crippen LogP) is 1.80. The minimum atomic E-state index is -0.0314. The monoisotopic (exact) mass is 272 g/mol. The molecule has 0 aliphatic heterocycles. The summed E-state index contributed by atoms with van der Waals surface area (Å²) in [7, 11) is 7.61. The zero-order chi connectivity index (χ0) is 14.7. The summed E-state index contributed by atoms with van der Waals surface area (Å²) in [4.78, 5) is 20.3. The molecule has 0 aliphatic rings. The van der Waals surface area contributed by atoms with Gasteiger partial charge >= 0.3 is 0 Å². The van der Waals surface area contributed by atoms with Crippen molar-refractivity contribution >= 4 is 28.3 Å². The highest BCUT2D eigenvalue weighted by Gasteiger charge is 2.10. The number of nitrogens with one attached hydrogen (secondary N) is 1. The number of aromatic nitrogens is 1. The molecule has 5 nitrogen and oxygen atoms in total. The van der Waals surface area contributed by atoms with Crippen LogP contribution in [0.3, 0.4) is 0 Å². The van der Waals surface area contributed by atoms with Crippen LogP contribution in [0.15, 0.2) is 30.3 Å². The first kappa shape index (κ1) is 14.3. The molecule has 0 spiro atoms. The number of hydrogen-bond acceptors (Lipinski definition) is 4. The van der Waals surface area contributed by atoms with Crippen LogP contribution in [0.1, 0.15) is 0 Å². The Morgan fingerprint density at radius 1 is 1.20 bits per heavy atom. The molecular weight excluding hydrogens is 252 g/mol. The maximum Gasteiger partial charge on any atom is 0.238 e. The summed E-state index contributed by atoms with van der Waals surface area (Å²) in [6.45, 7) is 0.355. The molecule has 0 atom stereocenters. The van der Waals surface area contributed by atoms with Crippen molar-refractivity contribution < 1.29 is 4.79 Å². The lowest BCUT2D eigenvalue weighted by Crippen LogP contribution is -2.27. The van der Waals surface area contributed by atoms with Crippen LogP contribution < -0.4 is 10.2 Å². The van der Waals surface area contributed by atoms with E-state index in [1.54, 1.807) is 0 Å². The van der Waals surface area contributed by atoms with Gasteiger partial charge in [0.1, 0.15) is 5.82 Å². The second-order valence-corrected chi connectivity index (χ2v) is 5.23. The van der Waals surface area contributed by atoms with E-state index in [4.69, 9.17) is 0 Å². The van der Waals surface area contributed by atoms with Crippen molar-refractivity contribution in [1.82, 2.24) is 9.88 Å². The Kier molecular flexibility index (Phi) is 4.20. The number of carbonyl (C=O) groups excluding carboxylic acids is 1. The van der Waals surface area contributed by atoms with E-state index in [1.165, 1.54) is 0 Å². The molecule has 0 saturated heterocycles. The van der Waals surface area contributed by atoms with Crippen LogP contribution in [0.2, 0.25) is 0 Å². The summed E-state index contributed by atoms with van der Waals surface area (Å²) in [5.74, 6) is 0.792. The molecule has 1 heterocycles. The van der Waals surface area contributed by atoms with E-state index in [0.29, 0.717) is 6.54 Å².